The number of benzene rings is 2. The Balaban J connectivity index is 1.91. The number of ketones is 1. The molecule has 0 saturated heterocycles. The molecule has 92 valence electrons. The molecule has 1 N–H and O–H groups in total. The third kappa shape index (κ3) is 3.28. The van der Waals surface area contributed by atoms with Crippen LogP contribution in [-0.2, 0) is 0 Å². The summed E-state index contributed by atoms with van der Waals surface area (Å²) in [6.07, 6.45) is 0.247. The highest BCUT2D eigenvalue weighted by Crippen LogP contribution is 2.19. The van der Waals surface area contributed by atoms with E-state index in [2.05, 4.69) is 0 Å². The molecule has 2 nitrogen and oxygen atoms in total. The minimum Gasteiger partial charge on any atom is -0.388 e. The highest BCUT2D eigenvalue weighted by Gasteiger charge is 2.11. The van der Waals surface area contributed by atoms with Gasteiger partial charge in [0.1, 0.15) is 0 Å². The largest absolute Gasteiger partial charge is 0.388 e. The lowest BCUT2D eigenvalue weighted by Gasteiger charge is -2.10. The Hall–Kier alpha value is -1.93. The van der Waals surface area contributed by atoms with Gasteiger partial charge in [-0.2, -0.15) is 0 Å². The third-order valence-corrected chi connectivity index (χ3v) is 2.92. The van der Waals surface area contributed by atoms with Gasteiger partial charge >= 0.3 is 0 Å². The van der Waals surface area contributed by atoms with Gasteiger partial charge in [-0.15, -0.1) is 0 Å². The highest BCUT2D eigenvalue weighted by atomic mass is 16.3. The lowest BCUT2D eigenvalue weighted by atomic mass is 10.0. The molecule has 0 amide bonds. The van der Waals surface area contributed by atoms with E-state index in [1.807, 2.05) is 48.5 Å². The van der Waals surface area contributed by atoms with Crippen molar-refractivity contribution in [2.45, 2.75) is 18.9 Å². The molecule has 2 heteroatoms. The van der Waals surface area contributed by atoms with E-state index in [1.165, 1.54) is 0 Å². The van der Waals surface area contributed by atoms with Gasteiger partial charge in [0.05, 0.1) is 6.10 Å². The molecule has 0 aliphatic carbocycles. The molecule has 0 saturated carbocycles. The summed E-state index contributed by atoms with van der Waals surface area (Å²) in [4.78, 5) is 11.9. The molecule has 0 aliphatic heterocycles. The van der Waals surface area contributed by atoms with Crippen LogP contribution in [0.3, 0.4) is 0 Å². The summed E-state index contributed by atoms with van der Waals surface area (Å²) < 4.78 is 0. The number of carbonyl (C=O) groups excluding carboxylic acids is 1. The molecular weight excluding hydrogens is 224 g/mol. The minimum atomic E-state index is -0.570. The van der Waals surface area contributed by atoms with Crippen molar-refractivity contribution < 1.29 is 9.90 Å². The molecule has 0 radical (unpaired) electrons. The van der Waals surface area contributed by atoms with Gasteiger partial charge < -0.3 is 5.11 Å². The van der Waals surface area contributed by atoms with Crippen LogP contribution in [0.1, 0.15) is 34.9 Å². The van der Waals surface area contributed by atoms with Gasteiger partial charge in [0.15, 0.2) is 5.78 Å². The predicted molar refractivity (Wildman–Crippen MR) is 71.4 cm³/mol. The Morgan fingerprint density at radius 3 is 2.11 bits per heavy atom. The second-order valence-corrected chi connectivity index (χ2v) is 4.25. The summed E-state index contributed by atoms with van der Waals surface area (Å²) in [7, 11) is 0. The summed E-state index contributed by atoms with van der Waals surface area (Å²) in [5, 5.41) is 9.96. The van der Waals surface area contributed by atoms with E-state index < -0.39 is 6.10 Å². The fourth-order valence-corrected chi connectivity index (χ4v) is 1.88. The maximum atomic E-state index is 11.9. The minimum absolute atomic E-state index is 0.0746. The van der Waals surface area contributed by atoms with Crippen molar-refractivity contribution in [2.75, 3.05) is 0 Å². The van der Waals surface area contributed by atoms with Crippen molar-refractivity contribution in [2.24, 2.45) is 0 Å². The molecule has 1 atom stereocenters. The standard InChI is InChI=1S/C16H16O2/c17-15(13-7-3-1-4-8-13)11-12-16(18)14-9-5-2-6-10-14/h1-10,15,17H,11-12H2/t15-/m1/s1. The summed E-state index contributed by atoms with van der Waals surface area (Å²) >= 11 is 0. The number of rotatable bonds is 5. The van der Waals surface area contributed by atoms with Crippen molar-refractivity contribution >= 4 is 5.78 Å². The molecule has 0 fully saturated rings. The average molecular weight is 240 g/mol. The summed E-state index contributed by atoms with van der Waals surface area (Å²) in [6.45, 7) is 0. The van der Waals surface area contributed by atoms with Crippen molar-refractivity contribution in [1.29, 1.82) is 0 Å². The summed E-state index contributed by atoms with van der Waals surface area (Å²) in [6, 6.07) is 18.6. The third-order valence-electron chi connectivity index (χ3n) is 2.92. The van der Waals surface area contributed by atoms with Crippen LogP contribution in [0.15, 0.2) is 60.7 Å². The molecule has 0 aliphatic rings. The van der Waals surface area contributed by atoms with Gasteiger partial charge in [0, 0.05) is 12.0 Å². The zero-order valence-electron chi connectivity index (χ0n) is 10.1. The second kappa shape index (κ2) is 6.12. The van der Waals surface area contributed by atoms with E-state index >= 15 is 0 Å². The Labute approximate surface area is 107 Å². The van der Waals surface area contributed by atoms with Crippen molar-refractivity contribution in [3.8, 4) is 0 Å². The summed E-state index contributed by atoms with van der Waals surface area (Å²) in [5.41, 5.74) is 1.57. The van der Waals surface area contributed by atoms with Crippen LogP contribution < -0.4 is 0 Å². The Morgan fingerprint density at radius 1 is 0.944 bits per heavy atom. The number of aliphatic hydroxyl groups excluding tert-OH is 1. The maximum Gasteiger partial charge on any atom is 0.162 e. The topological polar surface area (TPSA) is 37.3 Å². The van der Waals surface area contributed by atoms with Crippen molar-refractivity contribution in [1.82, 2.24) is 0 Å². The highest BCUT2D eigenvalue weighted by molar-refractivity contribution is 5.95. The Bertz CT molecular complexity index is 491. The van der Waals surface area contributed by atoms with Gasteiger partial charge in [-0.05, 0) is 12.0 Å². The van der Waals surface area contributed by atoms with Crippen LogP contribution in [0.2, 0.25) is 0 Å². The Morgan fingerprint density at radius 2 is 1.50 bits per heavy atom. The quantitative estimate of drug-likeness (QED) is 0.813. The van der Waals surface area contributed by atoms with E-state index in [4.69, 9.17) is 0 Å². The first kappa shape index (κ1) is 12.5. The van der Waals surface area contributed by atoms with Crippen molar-refractivity contribution in [3.05, 3.63) is 71.8 Å². The summed E-state index contributed by atoms with van der Waals surface area (Å²) in [5.74, 6) is 0.0746. The van der Waals surface area contributed by atoms with E-state index in [9.17, 15) is 9.90 Å². The molecule has 2 aromatic carbocycles. The molecule has 2 rings (SSSR count). The van der Waals surface area contributed by atoms with Crippen LogP contribution in [-0.4, -0.2) is 10.9 Å². The van der Waals surface area contributed by atoms with E-state index in [0.717, 1.165) is 5.56 Å². The number of hydrogen-bond acceptors (Lipinski definition) is 2. The molecule has 0 spiro atoms. The number of hydrogen-bond donors (Lipinski definition) is 1. The number of aliphatic hydroxyl groups is 1. The fourth-order valence-electron chi connectivity index (χ4n) is 1.88. The SMILES string of the molecule is O=C(CC[C@@H](O)c1ccccc1)c1ccccc1. The van der Waals surface area contributed by atoms with Gasteiger partial charge in [0.25, 0.3) is 0 Å². The smallest absolute Gasteiger partial charge is 0.162 e. The van der Waals surface area contributed by atoms with E-state index in [1.54, 1.807) is 12.1 Å². The van der Waals surface area contributed by atoms with E-state index in [-0.39, 0.29) is 5.78 Å². The van der Waals surface area contributed by atoms with Gasteiger partial charge in [0.2, 0.25) is 0 Å². The zero-order chi connectivity index (χ0) is 12.8. The molecule has 2 aromatic rings. The monoisotopic (exact) mass is 240 g/mol. The predicted octanol–water partition coefficient (Wildman–Crippen LogP) is 3.38. The molecule has 0 heterocycles. The lowest BCUT2D eigenvalue weighted by molar-refractivity contribution is 0.0940. The molecule has 0 unspecified atom stereocenters. The van der Waals surface area contributed by atoms with Crippen LogP contribution in [0, 0.1) is 0 Å². The van der Waals surface area contributed by atoms with Gasteiger partial charge in [-0.25, -0.2) is 0 Å². The zero-order valence-corrected chi connectivity index (χ0v) is 10.1. The van der Waals surface area contributed by atoms with Gasteiger partial charge in [-0.3, -0.25) is 4.79 Å². The van der Waals surface area contributed by atoms with E-state index in [0.29, 0.717) is 18.4 Å². The van der Waals surface area contributed by atoms with Crippen LogP contribution in [0.25, 0.3) is 0 Å². The first-order chi connectivity index (χ1) is 8.77. The average Bonchev–Trinajstić information content (AvgIpc) is 2.46. The first-order valence-electron chi connectivity index (χ1n) is 6.08. The normalized spacial score (nSPS) is 12.1. The van der Waals surface area contributed by atoms with Crippen LogP contribution in [0.4, 0.5) is 0 Å². The molecule has 0 bridgehead atoms. The van der Waals surface area contributed by atoms with Crippen LogP contribution >= 0.6 is 0 Å². The molecule has 18 heavy (non-hydrogen) atoms. The second-order valence-electron chi connectivity index (χ2n) is 4.25. The molecule has 0 aromatic heterocycles. The van der Waals surface area contributed by atoms with Crippen molar-refractivity contribution in [3.63, 3.8) is 0 Å². The van der Waals surface area contributed by atoms with Gasteiger partial charge in [-0.1, -0.05) is 60.7 Å². The lowest BCUT2D eigenvalue weighted by Crippen LogP contribution is -2.03. The first-order valence-corrected chi connectivity index (χ1v) is 6.08. The molecular formula is C16H16O2. The maximum absolute atomic E-state index is 11.9. The van der Waals surface area contributed by atoms with Crippen LogP contribution in [0.5, 0.6) is 0 Å². The number of carbonyl (C=O) groups is 1. The Kier molecular flexibility index (Phi) is 4.26. The number of Topliss-reactive ketones (excluding diaryl/α,β-unsaturated/α-hetero) is 1. The fraction of sp³-hybridized carbons (Fsp3) is 0.188.